The number of sulfonamides is 1. The fraction of sp³-hybridized carbons (Fsp3) is 0.381. The van der Waals surface area contributed by atoms with E-state index >= 15 is 0 Å². The molecule has 3 rings (SSSR count). The zero-order chi connectivity index (χ0) is 22.1. The van der Waals surface area contributed by atoms with E-state index in [1.54, 1.807) is 6.07 Å². The summed E-state index contributed by atoms with van der Waals surface area (Å²) >= 11 is 11.8. The fourth-order valence-electron chi connectivity index (χ4n) is 3.64. The van der Waals surface area contributed by atoms with E-state index in [-0.39, 0.29) is 22.5 Å². The Labute approximate surface area is 186 Å². The highest BCUT2D eigenvalue weighted by atomic mass is 35.5. The van der Waals surface area contributed by atoms with Gasteiger partial charge in [0.15, 0.2) is 0 Å². The molecule has 1 aliphatic carbocycles. The molecular weight excluding hydrogens is 450 g/mol. The molecule has 0 unspecified atom stereocenters. The van der Waals surface area contributed by atoms with Gasteiger partial charge in [0.2, 0.25) is 10.0 Å². The number of hydrogen-bond donors (Lipinski definition) is 2. The molecule has 2 aromatic rings. The first-order valence-electron chi connectivity index (χ1n) is 9.67. The van der Waals surface area contributed by atoms with E-state index in [1.807, 2.05) is 6.92 Å². The second-order valence-corrected chi connectivity index (χ2v) is 10.2. The van der Waals surface area contributed by atoms with E-state index in [4.69, 9.17) is 23.2 Å². The average Bonchev–Trinajstić information content (AvgIpc) is 2.68. The van der Waals surface area contributed by atoms with Gasteiger partial charge in [0.1, 0.15) is 10.7 Å². The third-order valence-electron chi connectivity index (χ3n) is 5.67. The molecule has 1 amide bonds. The number of benzene rings is 2. The van der Waals surface area contributed by atoms with Crippen molar-refractivity contribution in [2.45, 2.75) is 44.0 Å². The van der Waals surface area contributed by atoms with Crippen LogP contribution >= 0.6 is 23.2 Å². The number of hydrogen-bond acceptors (Lipinski definition) is 3. The first-order valence-corrected chi connectivity index (χ1v) is 11.9. The summed E-state index contributed by atoms with van der Waals surface area (Å²) in [5.41, 5.74) is 0.388. The van der Waals surface area contributed by atoms with Gasteiger partial charge in [0.25, 0.3) is 5.91 Å². The second-order valence-electron chi connectivity index (χ2n) is 7.72. The largest absolute Gasteiger partial charge is 0.322 e. The Morgan fingerprint density at radius 3 is 2.50 bits per heavy atom. The van der Waals surface area contributed by atoms with Crippen molar-refractivity contribution in [2.24, 2.45) is 11.8 Å². The maximum atomic E-state index is 14.4. The summed E-state index contributed by atoms with van der Waals surface area (Å²) in [4.78, 5) is 12.0. The summed E-state index contributed by atoms with van der Waals surface area (Å²) in [5, 5.41) is 3.20. The summed E-state index contributed by atoms with van der Waals surface area (Å²) in [6.45, 7) is 4.08. The number of nitrogens with one attached hydrogen (secondary N) is 2. The van der Waals surface area contributed by atoms with Crippen LogP contribution < -0.4 is 10.0 Å². The Kier molecular flexibility index (Phi) is 7.07. The number of amides is 1. The van der Waals surface area contributed by atoms with E-state index in [1.165, 1.54) is 18.2 Å². The standard InChI is InChI=1S/C21H23Cl2FN2O3S/c1-12-4-3-5-19(13(12)2)26-30(28,29)20-10-14(6-9-18(20)24)21(27)25-15-7-8-16(22)17(23)11-15/h6-13,19,26H,3-5H2,1-2H3,(H,25,27)/t12-,13-,19+/m1/s1. The lowest BCUT2D eigenvalue weighted by molar-refractivity contribution is 0.102. The molecule has 162 valence electrons. The predicted octanol–water partition coefficient (Wildman–Crippen LogP) is 5.49. The summed E-state index contributed by atoms with van der Waals surface area (Å²) < 4.78 is 42.8. The first-order chi connectivity index (χ1) is 14.1. The van der Waals surface area contributed by atoms with Crippen molar-refractivity contribution in [1.29, 1.82) is 0 Å². The van der Waals surface area contributed by atoms with Crippen LogP contribution in [0.2, 0.25) is 10.0 Å². The molecule has 0 bridgehead atoms. The Hall–Kier alpha value is -1.67. The van der Waals surface area contributed by atoms with E-state index in [2.05, 4.69) is 17.0 Å². The molecule has 1 saturated carbocycles. The van der Waals surface area contributed by atoms with E-state index in [9.17, 15) is 17.6 Å². The Morgan fingerprint density at radius 2 is 1.80 bits per heavy atom. The molecule has 2 aromatic carbocycles. The highest BCUT2D eigenvalue weighted by Gasteiger charge is 2.32. The average molecular weight is 473 g/mol. The summed E-state index contributed by atoms with van der Waals surface area (Å²) in [6, 6.07) is 7.53. The topological polar surface area (TPSA) is 75.3 Å². The first kappa shape index (κ1) is 23.0. The number of rotatable bonds is 5. The molecule has 0 spiro atoms. The van der Waals surface area contributed by atoms with E-state index in [0.717, 1.165) is 25.0 Å². The summed E-state index contributed by atoms with van der Waals surface area (Å²) in [7, 11) is -4.13. The van der Waals surface area contributed by atoms with Gasteiger partial charge in [-0.3, -0.25) is 4.79 Å². The van der Waals surface area contributed by atoms with Gasteiger partial charge >= 0.3 is 0 Å². The number of anilines is 1. The van der Waals surface area contributed by atoms with Crippen LogP contribution in [-0.4, -0.2) is 20.4 Å². The predicted molar refractivity (Wildman–Crippen MR) is 117 cm³/mol. The molecule has 0 saturated heterocycles. The molecule has 0 aliphatic heterocycles. The van der Waals surface area contributed by atoms with Gasteiger partial charge < -0.3 is 5.32 Å². The van der Waals surface area contributed by atoms with Gasteiger partial charge in [-0.15, -0.1) is 0 Å². The normalized spacial score (nSPS) is 22.0. The Balaban J connectivity index is 1.83. The zero-order valence-corrected chi connectivity index (χ0v) is 18.9. The van der Waals surface area contributed by atoms with Crippen LogP contribution in [0.25, 0.3) is 0 Å². The molecule has 30 heavy (non-hydrogen) atoms. The summed E-state index contributed by atoms with van der Waals surface area (Å²) in [6.07, 6.45) is 2.65. The lowest BCUT2D eigenvalue weighted by Crippen LogP contribution is -2.43. The monoisotopic (exact) mass is 472 g/mol. The molecule has 5 nitrogen and oxygen atoms in total. The number of carbonyl (C=O) groups is 1. The van der Waals surface area contributed by atoms with Crippen molar-refractivity contribution >= 4 is 44.8 Å². The maximum absolute atomic E-state index is 14.4. The highest BCUT2D eigenvalue weighted by Crippen LogP contribution is 2.31. The molecule has 1 fully saturated rings. The SMILES string of the molecule is C[C@@H]1[C@H](C)CCC[C@@H]1NS(=O)(=O)c1cc(C(=O)Nc2ccc(Cl)c(Cl)c2)ccc1F. The lowest BCUT2D eigenvalue weighted by atomic mass is 9.78. The molecule has 3 atom stereocenters. The van der Waals surface area contributed by atoms with E-state index in [0.29, 0.717) is 23.0 Å². The Morgan fingerprint density at radius 1 is 1.07 bits per heavy atom. The minimum Gasteiger partial charge on any atom is -0.322 e. The van der Waals surface area contributed by atoms with Crippen molar-refractivity contribution < 1.29 is 17.6 Å². The van der Waals surface area contributed by atoms with E-state index < -0.39 is 26.6 Å². The molecule has 0 aromatic heterocycles. The second kappa shape index (κ2) is 9.22. The van der Waals surface area contributed by atoms with Gasteiger partial charge in [0.05, 0.1) is 10.0 Å². The quantitative estimate of drug-likeness (QED) is 0.603. The van der Waals surface area contributed by atoms with Crippen molar-refractivity contribution in [2.75, 3.05) is 5.32 Å². The van der Waals surface area contributed by atoms with Crippen molar-refractivity contribution in [1.82, 2.24) is 4.72 Å². The van der Waals surface area contributed by atoms with Crippen molar-refractivity contribution in [3.8, 4) is 0 Å². The van der Waals surface area contributed by atoms with Crippen molar-refractivity contribution in [3.05, 3.63) is 57.8 Å². The molecule has 0 radical (unpaired) electrons. The molecule has 0 heterocycles. The molecule has 1 aliphatic rings. The Bertz CT molecular complexity index is 1060. The number of halogens is 3. The van der Waals surface area contributed by atoms with Crippen molar-refractivity contribution in [3.63, 3.8) is 0 Å². The van der Waals surface area contributed by atoms with Crippen LogP contribution in [0.3, 0.4) is 0 Å². The smallest absolute Gasteiger partial charge is 0.255 e. The van der Waals surface area contributed by atoms with Crippen LogP contribution in [0, 0.1) is 17.7 Å². The van der Waals surface area contributed by atoms with Gasteiger partial charge in [-0.2, -0.15) is 0 Å². The van der Waals surface area contributed by atoms with Crippen LogP contribution in [-0.2, 0) is 10.0 Å². The zero-order valence-electron chi connectivity index (χ0n) is 16.6. The summed E-state index contributed by atoms with van der Waals surface area (Å²) in [5.74, 6) is -0.994. The number of carbonyl (C=O) groups excluding carboxylic acids is 1. The minimum absolute atomic E-state index is 0.00732. The van der Waals surface area contributed by atoms with Crippen LogP contribution in [0.1, 0.15) is 43.5 Å². The third-order valence-corrected chi connectivity index (χ3v) is 7.92. The van der Waals surface area contributed by atoms with Crippen LogP contribution in [0.5, 0.6) is 0 Å². The molecule has 9 heteroatoms. The maximum Gasteiger partial charge on any atom is 0.255 e. The lowest BCUT2D eigenvalue weighted by Gasteiger charge is -2.34. The van der Waals surface area contributed by atoms with Crippen LogP contribution in [0.15, 0.2) is 41.3 Å². The highest BCUT2D eigenvalue weighted by molar-refractivity contribution is 7.89. The van der Waals surface area contributed by atoms with Crippen LogP contribution in [0.4, 0.5) is 10.1 Å². The van der Waals surface area contributed by atoms with Gasteiger partial charge in [0, 0.05) is 17.3 Å². The molecular formula is C21H23Cl2FN2O3S. The fourth-order valence-corrected chi connectivity index (χ4v) is 5.40. The third kappa shape index (κ3) is 5.14. The molecule has 2 N–H and O–H groups in total. The minimum atomic E-state index is -4.13. The van der Waals surface area contributed by atoms with Gasteiger partial charge in [-0.05, 0) is 54.7 Å². The van der Waals surface area contributed by atoms with Gasteiger partial charge in [-0.25, -0.2) is 17.5 Å². The van der Waals surface area contributed by atoms with Gasteiger partial charge in [-0.1, -0.05) is 49.9 Å².